The SMILES string of the molecule is Clc1cnc(NCc2ccc(Cl)s2)nc1. The number of aromatic nitrogens is 2. The van der Waals surface area contributed by atoms with E-state index in [1.807, 2.05) is 12.1 Å². The number of hydrogen-bond donors (Lipinski definition) is 1. The second kappa shape index (κ2) is 4.79. The Kier molecular flexibility index (Phi) is 3.41. The lowest BCUT2D eigenvalue weighted by molar-refractivity contribution is 1.07. The molecule has 0 aliphatic heterocycles. The van der Waals surface area contributed by atoms with Gasteiger partial charge in [-0.2, -0.15) is 0 Å². The fourth-order valence-electron chi connectivity index (χ4n) is 1.02. The van der Waals surface area contributed by atoms with Crippen LogP contribution in [0.2, 0.25) is 9.36 Å². The Labute approximate surface area is 101 Å². The van der Waals surface area contributed by atoms with Crippen LogP contribution in [0, 0.1) is 0 Å². The topological polar surface area (TPSA) is 37.8 Å². The van der Waals surface area contributed by atoms with Crippen molar-refractivity contribution in [3.63, 3.8) is 0 Å². The van der Waals surface area contributed by atoms with Gasteiger partial charge in [0, 0.05) is 4.88 Å². The lowest BCUT2D eigenvalue weighted by Gasteiger charge is -2.01. The predicted molar refractivity (Wildman–Crippen MR) is 63.7 cm³/mol. The van der Waals surface area contributed by atoms with Gasteiger partial charge in [-0.3, -0.25) is 0 Å². The summed E-state index contributed by atoms with van der Waals surface area (Å²) in [7, 11) is 0. The van der Waals surface area contributed by atoms with Crippen molar-refractivity contribution < 1.29 is 0 Å². The van der Waals surface area contributed by atoms with Gasteiger partial charge in [0.05, 0.1) is 28.3 Å². The summed E-state index contributed by atoms with van der Waals surface area (Å²) in [6.07, 6.45) is 3.11. The number of hydrogen-bond acceptors (Lipinski definition) is 4. The molecule has 2 aromatic heterocycles. The van der Waals surface area contributed by atoms with E-state index in [1.165, 1.54) is 11.3 Å². The van der Waals surface area contributed by atoms with Crippen molar-refractivity contribution in [2.24, 2.45) is 0 Å². The molecule has 0 atom stereocenters. The molecule has 3 nitrogen and oxygen atoms in total. The quantitative estimate of drug-likeness (QED) is 0.918. The summed E-state index contributed by atoms with van der Waals surface area (Å²) in [4.78, 5) is 9.17. The number of nitrogens with one attached hydrogen (secondary N) is 1. The molecule has 0 aliphatic carbocycles. The second-order valence-corrected chi connectivity index (χ2v) is 5.02. The van der Waals surface area contributed by atoms with Crippen molar-refractivity contribution in [2.45, 2.75) is 6.54 Å². The molecule has 0 bridgehead atoms. The maximum Gasteiger partial charge on any atom is 0.222 e. The molecule has 0 spiro atoms. The predicted octanol–water partition coefficient (Wildman–Crippen LogP) is 3.46. The number of thiophene rings is 1. The van der Waals surface area contributed by atoms with Crippen LogP contribution >= 0.6 is 34.5 Å². The minimum atomic E-state index is 0.528. The van der Waals surface area contributed by atoms with E-state index in [0.717, 1.165) is 9.21 Å². The molecule has 0 aliphatic rings. The summed E-state index contributed by atoms with van der Waals surface area (Å²) >= 11 is 13.0. The molecule has 0 saturated heterocycles. The largest absolute Gasteiger partial charge is 0.349 e. The smallest absolute Gasteiger partial charge is 0.222 e. The van der Waals surface area contributed by atoms with Crippen LogP contribution in [-0.4, -0.2) is 9.97 Å². The highest BCUT2D eigenvalue weighted by molar-refractivity contribution is 7.16. The summed E-state index contributed by atoms with van der Waals surface area (Å²) in [5, 5.41) is 3.60. The van der Waals surface area contributed by atoms with Crippen molar-refractivity contribution >= 4 is 40.5 Å². The van der Waals surface area contributed by atoms with Crippen molar-refractivity contribution in [1.82, 2.24) is 9.97 Å². The molecule has 0 amide bonds. The third-order valence-corrected chi connectivity index (χ3v) is 3.10. The average molecular weight is 260 g/mol. The Morgan fingerprint density at radius 1 is 1.20 bits per heavy atom. The Bertz CT molecular complexity index is 441. The van der Waals surface area contributed by atoms with Crippen molar-refractivity contribution in [2.75, 3.05) is 5.32 Å². The standard InChI is InChI=1S/C9H7Cl2N3S/c10-6-3-12-9(13-4-6)14-5-7-1-2-8(11)15-7/h1-4H,5H2,(H,12,13,14). The van der Waals surface area contributed by atoms with Crippen LogP contribution in [0.15, 0.2) is 24.5 Å². The minimum absolute atomic E-state index is 0.528. The molecular weight excluding hydrogens is 253 g/mol. The van der Waals surface area contributed by atoms with Gasteiger partial charge in [0.1, 0.15) is 0 Å². The Morgan fingerprint density at radius 3 is 2.53 bits per heavy atom. The molecule has 2 heterocycles. The average Bonchev–Trinajstić information content (AvgIpc) is 2.64. The van der Waals surface area contributed by atoms with Crippen molar-refractivity contribution in [1.29, 1.82) is 0 Å². The third-order valence-electron chi connectivity index (χ3n) is 1.67. The maximum atomic E-state index is 5.80. The van der Waals surface area contributed by atoms with E-state index in [1.54, 1.807) is 12.4 Å². The van der Waals surface area contributed by atoms with Crippen LogP contribution < -0.4 is 5.32 Å². The zero-order chi connectivity index (χ0) is 10.7. The van der Waals surface area contributed by atoms with Crippen LogP contribution in [0.4, 0.5) is 5.95 Å². The third kappa shape index (κ3) is 3.06. The molecule has 0 saturated carbocycles. The van der Waals surface area contributed by atoms with Crippen molar-refractivity contribution in [3.05, 3.63) is 38.8 Å². The van der Waals surface area contributed by atoms with E-state index in [0.29, 0.717) is 17.5 Å². The van der Waals surface area contributed by atoms with Gasteiger partial charge in [-0.25, -0.2) is 9.97 Å². The first-order chi connectivity index (χ1) is 7.24. The van der Waals surface area contributed by atoms with E-state index in [-0.39, 0.29) is 0 Å². The Hall–Kier alpha value is -0.840. The maximum absolute atomic E-state index is 5.80. The van der Waals surface area contributed by atoms with E-state index in [4.69, 9.17) is 23.2 Å². The highest BCUT2D eigenvalue weighted by Crippen LogP contribution is 2.21. The molecule has 78 valence electrons. The normalized spacial score (nSPS) is 10.3. The fraction of sp³-hybridized carbons (Fsp3) is 0.111. The van der Waals surface area contributed by atoms with Gasteiger partial charge in [-0.1, -0.05) is 23.2 Å². The minimum Gasteiger partial charge on any atom is -0.349 e. The first-order valence-corrected chi connectivity index (χ1v) is 5.77. The summed E-state index contributed by atoms with van der Waals surface area (Å²) in [5.74, 6) is 0.559. The van der Waals surface area contributed by atoms with Crippen LogP contribution in [-0.2, 0) is 6.54 Å². The molecule has 0 aromatic carbocycles. The van der Waals surface area contributed by atoms with E-state index in [9.17, 15) is 0 Å². The van der Waals surface area contributed by atoms with Crippen LogP contribution in [0.5, 0.6) is 0 Å². The van der Waals surface area contributed by atoms with Gasteiger partial charge < -0.3 is 5.32 Å². The zero-order valence-electron chi connectivity index (χ0n) is 7.58. The highest BCUT2D eigenvalue weighted by atomic mass is 35.5. The molecule has 2 aromatic rings. The Morgan fingerprint density at radius 2 is 1.93 bits per heavy atom. The van der Waals surface area contributed by atoms with E-state index >= 15 is 0 Å². The lowest BCUT2D eigenvalue weighted by atomic mass is 10.5. The van der Waals surface area contributed by atoms with Gasteiger partial charge in [-0.15, -0.1) is 11.3 Å². The van der Waals surface area contributed by atoms with Crippen LogP contribution in [0.25, 0.3) is 0 Å². The highest BCUT2D eigenvalue weighted by Gasteiger charge is 1.99. The molecule has 0 fully saturated rings. The zero-order valence-corrected chi connectivity index (χ0v) is 9.90. The molecular formula is C9H7Cl2N3S. The van der Waals surface area contributed by atoms with Gasteiger partial charge in [0.15, 0.2) is 0 Å². The van der Waals surface area contributed by atoms with Gasteiger partial charge in [0.2, 0.25) is 5.95 Å². The fourth-order valence-corrected chi connectivity index (χ4v) is 2.14. The summed E-state index contributed by atoms with van der Waals surface area (Å²) in [6, 6.07) is 3.84. The van der Waals surface area contributed by atoms with Crippen LogP contribution in [0.3, 0.4) is 0 Å². The summed E-state index contributed by atoms with van der Waals surface area (Å²) < 4.78 is 0.781. The summed E-state index contributed by atoms with van der Waals surface area (Å²) in [5.41, 5.74) is 0. The monoisotopic (exact) mass is 259 g/mol. The molecule has 6 heteroatoms. The Balaban J connectivity index is 1.96. The first kappa shape index (κ1) is 10.7. The van der Waals surface area contributed by atoms with Gasteiger partial charge >= 0.3 is 0 Å². The number of anilines is 1. The molecule has 1 N–H and O–H groups in total. The number of nitrogens with zero attached hydrogens (tertiary/aromatic N) is 2. The van der Waals surface area contributed by atoms with E-state index in [2.05, 4.69) is 15.3 Å². The van der Waals surface area contributed by atoms with Gasteiger partial charge in [0.25, 0.3) is 0 Å². The summed E-state index contributed by atoms with van der Waals surface area (Å²) in [6.45, 7) is 0.666. The van der Waals surface area contributed by atoms with Crippen molar-refractivity contribution in [3.8, 4) is 0 Å². The molecule has 15 heavy (non-hydrogen) atoms. The molecule has 0 radical (unpaired) electrons. The lowest BCUT2D eigenvalue weighted by Crippen LogP contribution is -2.01. The van der Waals surface area contributed by atoms with E-state index < -0.39 is 0 Å². The first-order valence-electron chi connectivity index (χ1n) is 4.19. The second-order valence-electron chi connectivity index (χ2n) is 2.78. The van der Waals surface area contributed by atoms with Gasteiger partial charge in [-0.05, 0) is 12.1 Å². The molecule has 2 rings (SSSR count). The van der Waals surface area contributed by atoms with Crippen LogP contribution in [0.1, 0.15) is 4.88 Å². The molecule has 0 unspecified atom stereocenters. The number of halogens is 2. The number of rotatable bonds is 3.